The van der Waals surface area contributed by atoms with Gasteiger partial charge in [0.05, 0.1) is 36.0 Å². The van der Waals surface area contributed by atoms with Gasteiger partial charge in [-0.2, -0.15) is 0 Å². The summed E-state index contributed by atoms with van der Waals surface area (Å²) in [5.41, 5.74) is 2.78. The number of carbonyl (C=O) groups is 3. The summed E-state index contributed by atoms with van der Waals surface area (Å²) in [7, 11) is 1.34. The van der Waals surface area contributed by atoms with E-state index in [1.807, 2.05) is 6.92 Å². The van der Waals surface area contributed by atoms with Gasteiger partial charge in [-0.25, -0.2) is 0 Å². The van der Waals surface area contributed by atoms with Gasteiger partial charge in [0.25, 0.3) is 0 Å². The summed E-state index contributed by atoms with van der Waals surface area (Å²) >= 11 is 0. The lowest BCUT2D eigenvalue weighted by atomic mass is 9.72. The molecule has 38 heavy (non-hydrogen) atoms. The van der Waals surface area contributed by atoms with Gasteiger partial charge in [0.15, 0.2) is 17.9 Å². The Kier molecular flexibility index (Phi) is 6.52. The monoisotopic (exact) mass is 527 g/mol. The van der Waals surface area contributed by atoms with Crippen molar-refractivity contribution in [3.05, 3.63) is 51.6 Å². The van der Waals surface area contributed by atoms with Crippen LogP contribution in [0, 0.1) is 0 Å². The van der Waals surface area contributed by atoms with Gasteiger partial charge >= 0.3 is 0 Å². The van der Waals surface area contributed by atoms with Gasteiger partial charge in [-0.1, -0.05) is 12.1 Å². The van der Waals surface area contributed by atoms with E-state index in [4.69, 9.17) is 19.9 Å². The summed E-state index contributed by atoms with van der Waals surface area (Å²) in [5, 5.41) is 43.6. The van der Waals surface area contributed by atoms with Crippen molar-refractivity contribution in [1.29, 1.82) is 0 Å². The van der Waals surface area contributed by atoms with Gasteiger partial charge in [-0.15, -0.1) is 0 Å². The molecule has 1 aliphatic heterocycles. The van der Waals surface area contributed by atoms with Crippen LogP contribution < -0.4 is 10.5 Å². The highest BCUT2D eigenvalue weighted by molar-refractivity contribution is 6.31. The lowest BCUT2D eigenvalue weighted by molar-refractivity contribution is -0.225. The molecule has 3 aliphatic rings. The molecule has 5 atom stereocenters. The number of methoxy groups -OCH3 is 1. The van der Waals surface area contributed by atoms with Crippen LogP contribution in [-0.2, 0) is 20.7 Å². The van der Waals surface area contributed by atoms with Gasteiger partial charge in [0, 0.05) is 42.0 Å². The minimum atomic E-state index is -2.18. The molecule has 5 rings (SSSR count). The summed E-state index contributed by atoms with van der Waals surface area (Å²) in [5.74, 6) is -3.55. The minimum Gasteiger partial charge on any atom is -0.507 e. The molecule has 0 aromatic heterocycles. The third-order valence-corrected chi connectivity index (χ3v) is 7.57. The van der Waals surface area contributed by atoms with Crippen LogP contribution in [0.1, 0.15) is 75.3 Å². The first kappa shape index (κ1) is 26.3. The third-order valence-electron chi connectivity index (χ3n) is 7.57. The van der Waals surface area contributed by atoms with Gasteiger partial charge in [-0.3, -0.25) is 14.4 Å². The number of phenols is 2. The number of aliphatic hydroxyl groups is 2. The highest BCUT2D eigenvalue weighted by Crippen LogP contribution is 2.52. The fourth-order valence-electron chi connectivity index (χ4n) is 5.81. The number of aliphatic hydroxyl groups excluding tert-OH is 1. The molecule has 11 nitrogen and oxygen atoms in total. The molecule has 202 valence electrons. The van der Waals surface area contributed by atoms with Gasteiger partial charge in [0.2, 0.25) is 5.78 Å². The number of phenolic OH excluding ortho intramolecular Hbond substituents is 2. The first-order valence-electron chi connectivity index (χ1n) is 12.3. The summed E-state index contributed by atoms with van der Waals surface area (Å²) in [4.78, 5) is 39.7. The largest absolute Gasteiger partial charge is 0.507 e. The average molecular weight is 528 g/mol. The Bertz CT molecular complexity index is 1340. The normalized spacial score (nSPS) is 28.3. The Morgan fingerprint density at radius 1 is 1.13 bits per heavy atom. The number of fused-ring (bicyclic) bond motifs is 3. The maximum atomic E-state index is 13.6. The molecule has 11 heteroatoms. The van der Waals surface area contributed by atoms with E-state index in [9.17, 15) is 34.8 Å². The fourth-order valence-corrected chi connectivity index (χ4v) is 5.81. The average Bonchev–Trinajstić information content (AvgIpc) is 2.87. The molecule has 0 spiro atoms. The van der Waals surface area contributed by atoms with E-state index in [1.165, 1.54) is 25.3 Å². The van der Waals surface area contributed by atoms with Crippen molar-refractivity contribution in [3.8, 4) is 17.2 Å². The van der Waals surface area contributed by atoms with Crippen molar-refractivity contribution in [2.45, 2.75) is 62.7 Å². The number of benzene rings is 2. The number of nitrogens with two attached hydrogens (primary N) is 1. The first-order chi connectivity index (χ1) is 18.0. The number of carbonyl (C=O) groups excluding carboxylic acids is 3. The molecule has 0 bridgehead atoms. The Morgan fingerprint density at radius 3 is 2.50 bits per heavy atom. The van der Waals surface area contributed by atoms with Crippen LogP contribution in [0.4, 0.5) is 0 Å². The number of ether oxygens (including phenoxy) is 3. The highest BCUT2D eigenvalue weighted by atomic mass is 16.7. The highest BCUT2D eigenvalue weighted by Gasteiger charge is 2.49. The number of aromatic hydroxyl groups is 2. The van der Waals surface area contributed by atoms with Crippen LogP contribution in [-0.4, -0.2) is 75.5 Å². The third kappa shape index (κ3) is 3.98. The van der Waals surface area contributed by atoms with E-state index in [2.05, 4.69) is 0 Å². The van der Waals surface area contributed by atoms with E-state index < -0.39 is 77.4 Å². The molecular weight excluding hydrogens is 498 g/mol. The molecule has 1 fully saturated rings. The smallest absolute Gasteiger partial charge is 0.202 e. The Hall–Kier alpha value is -3.35. The maximum absolute atomic E-state index is 13.6. The minimum absolute atomic E-state index is 0.0274. The summed E-state index contributed by atoms with van der Waals surface area (Å²) < 4.78 is 17.2. The fraction of sp³-hybridized carbons (Fsp3) is 0.444. The molecular formula is C27H29NO10. The zero-order valence-corrected chi connectivity index (χ0v) is 20.9. The van der Waals surface area contributed by atoms with Crippen molar-refractivity contribution in [2.75, 3.05) is 13.7 Å². The Balaban J connectivity index is 1.70. The molecule has 0 amide bonds. The predicted molar refractivity (Wildman–Crippen MR) is 130 cm³/mol. The van der Waals surface area contributed by atoms with Crippen LogP contribution in [0.5, 0.6) is 17.2 Å². The molecule has 0 unspecified atom stereocenters. The van der Waals surface area contributed by atoms with Crippen LogP contribution in [0.2, 0.25) is 0 Å². The lowest BCUT2D eigenvalue weighted by Crippen LogP contribution is -2.48. The van der Waals surface area contributed by atoms with Crippen molar-refractivity contribution >= 4 is 17.3 Å². The zero-order valence-electron chi connectivity index (χ0n) is 20.9. The quantitative estimate of drug-likeness (QED) is 0.298. The van der Waals surface area contributed by atoms with E-state index in [0.29, 0.717) is 6.42 Å². The molecule has 2 aromatic carbocycles. The lowest BCUT2D eigenvalue weighted by Gasteiger charge is -2.41. The molecule has 6 N–H and O–H groups in total. The Labute approximate surface area is 217 Å². The van der Waals surface area contributed by atoms with Gasteiger partial charge in [-0.05, 0) is 19.4 Å². The van der Waals surface area contributed by atoms with Gasteiger partial charge in [0.1, 0.15) is 29.5 Å². The van der Waals surface area contributed by atoms with Crippen LogP contribution in [0.15, 0.2) is 18.2 Å². The first-order valence-corrected chi connectivity index (χ1v) is 12.3. The molecule has 1 saturated heterocycles. The standard InChI is InChI=1S/C27H29NO10/c1-11-6-12(28)7-18(37-11)38-16-9-27(35,17(30)10-29)8-14-20(16)26(34)22-21(24(14)32)23(31)13-4-3-5-15(36-2)19(13)25(22)33/h3-5,11-12,16,18,29,32,34-35H,6-10,28H2,1-2H3/t11-,12+,16+,18-,27+/m1/s1. The van der Waals surface area contributed by atoms with Crippen LogP contribution in [0.25, 0.3) is 0 Å². The summed E-state index contributed by atoms with van der Waals surface area (Å²) in [6, 6.07) is 4.17. The number of ketones is 3. The molecule has 1 heterocycles. The summed E-state index contributed by atoms with van der Waals surface area (Å²) in [6.07, 6.45) is -2.45. The SMILES string of the molecule is COc1cccc2c1C(=O)c1c(O)c3c(c(O)c1C2=O)C[C@@](O)(C(=O)CO)C[C@@H]3O[C@@H]1C[C@@H](N)C[C@@H](C)O1. The number of Topliss-reactive ketones (excluding diaryl/α,β-unsaturated/α-hetero) is 1. The van der Waals surface area contributed by atoms with Crippen molar-refractivity contribution < 1.29 is 49.0 Å². The van der Waals surface area contributed by atoms with E-state index in [0.717, 1.165) is 0 Å². The van der Waals surface area contributed by atoms with Crippen LogP contribution >= 0.6 is 0 Å². The van der Waals surface area contributed by atoms with E-state index >= 15 is 0 Å². The van der Waals surface area contributed by atoms with Crippen LogP contribution in [0.3, 0.4) is 0 Å². The summed E-state index contributed by atoms with van der Waals surface area (Å²) in [6.45, 7) is 0.827. The topological polar surface area (TPSA) is 186 Å². The second-order valence-electron chi connectivity index (χ2n) is 10.1. The van der Waals surface area contributed by atoms with Crippen molar-refractivity contribution in [1.82, 2.24) is 0 Å². The second-order valence-corrected chi connectivity index (χ2v) is 10.1. The van der Waals surface area contributed by atoms with Gasteiger partial charge < -0.3 is 40.4 Å². The maximum Gasteiger partial charge on any atom is 0.202 e. The molecule has 0 radical (unpaired) electrons. The number of rotatable bonds is 5. The van der Waals surface area contributed by atoms with E-state index in [1.54, 1.807) is 0 Å². The number of hydrogen-bond donors (Lipinski definition) is 5. The van der Waals surface area contributed by atoms with Crippen molar-refractivity contribution in [3.63, 3.8) is 0 Å². The zero-order chi connectivity index (χ0) is 27.5. The molecule has 0 saturated carbocycles. The predicted octanol–water partition coefficient (Wildman–Crippen LogP) is 1.03. The second kappa shape index (κ2) is 9.44. The Morgan fingerprint density at radius 2 is 1.84 bits per heavy atom. The van der Waals surface area contributed by atoms with Crippen molar-refractivity contribution in [2.24, 2.45) is 5.73 Å². The molecule has 2 aliphatic carbocycles. The number of hydrogen-bond acceptors (Lipinski definition) is 11. The molecule has 2 aromatic rings. The van der Waals surface area contributed by atoms with E-state index in [-0.39, 0.29) is 46.6 Å².